The lowest BCUT2D eigenvalue weighted by Gasteiger charge is -2.16. The minimum Gasteiger partial charge on any atom is -0.351 e. The highest BCUT2D eigenvalue weighted by Crippen LogP contribution is 2.21. The molecule has 1 aromatic heterocycles. The molecule has 3 nitrogen and oxygen atoms in total. The summed E-state index contributed by atoms with van der Waals surface area (Å²) >= 11 is 1.52. The van der Waals surface area contributed by atoms with E-state index in [1.807, 2.05) is 18.4 Å². The number of nitrogens with zero attached hydrogens (tertiary/aromatic N) is 1. The normalized spacial score (nSPS) is 18.2. The molecule has 1 aromatic carbocycles. The van der Waals surface area contributed by atoms with E-state index in [1.165, 1.54) is 23.3 Å². The molecule has 4 heteroatoms. The van der Waals surface area contributed by atoms with Crippen LogP contribution in [-0.2, 0) is 6.54 Å². The van der Waals surface area contributed by atoms with E-state index >= 15 is 0 Å². The Labute approximate surface area is 142 Å². The third-order valence-corrected chi connectivity index (χ3v) is 5.54. The van der Waals surface area contributed by atoms with E-state index < -0.39 is 0 Å². The third-order valence-electron chi connectivity index (χ3n) is 4.53. The van der Waals surface area contributed by atoms with Gasteiger partial charge in [-0.3, -0.25) is 9.69 Å². The number of thiophene rings is 1. The van der Waals surface area contributed by atoms with Gasteiger partial charge in [0.25, 0.3) is 5.91 Å². The molecule has 0 spiro atoms. The Balaban J connectivity index is 1.39. The van der Waals surface area contributed by atoms with Crippen molar-refractivity contribution in [1.82, 2.24) is 10.2 Å². The van der Waals surface area contributed by atoms with Crippen LogP contribution in [0, 0.1) is 12.8 Å². The molecule has 1 saturated heterocycles. The number of amides is 1. The molecule has 1 N–H and O–H groups in total. The van der Waals surface area contributed by atoms with E-state index in [0.717, 1.165) is 43.0 Å². The van der Waals surface area contributed by atoms with Crippen LogP contribution in [0.4, 0.5) is 0 Å². The second-order valence-corrected chi connectivity index (χ2v) is 7.27. The van der Waals surface area contributed by atoms with Crippen molar-refractivity contribution in [3.8, 4) is 0 Å². The first-order chi connectivity index (χ1) is 11.2. The van der Waals surface area contributed by atoms with Crippen LogP contribution in [0.2, 0.25) is 0 Å². The Hall–Kier alpha value is -1.65. The predicted octanol–water partition coefficient (Wildman–Crippen LogP) is 3.70. The van der Waals surface area contributed by atoms with E-state index in [9.17, 15) is 4.79 Å². The van der Waals surface area contributed by atoms with Crippen molar-refractivity contribution in [3.05, 3.63) is 57.8 Å². The van der Waals surface area contributed by atoms with Crippen LogP contribution in [-0.4, -0.2) is 30.4 Å². The van der Waals surface area contributed by atoms with Crippen LogP contribution >= 0.6 is 11.3 Å². The molecule has 122 valence electrons. The fraction of sp³-hybridized carbons (Fsp3) is 0.421. The van der Waals surface area contributed by atoms with Crippen LogP contribution in [0.15, 0.2) is 41.8 Å². The summed E-state index contributed by atoms with van der Waals surface area (Å²) in [6, 6.07) is 12.6. The van der Waals surface area contributed by atoms with Crippen molar-refractivity contribution in [3.63, 3.8) is 0 Å². The SMILES string of the molecule is Cc1ccsc1C(=O)NCC[C@H]1CCN(Cc2ccccc2)C1. The van der Waals surface area contributed by atoms with Gasteiger partial charge in [0.2, 0.25) is 0 Å². The first-order valence-corrected chi connectivity index (χ1v) is 9.19. The van der Waals surface area contributed by atoms with Gasteiger partial charge >= 0.3 is 0 Å². The zero-order valence-electron chi connectivity index (χ0n) is 13.6. The third kappa shape index (κ3) is 4.43. The minimum atomic E-state index is 0.0802. The zero-order chi connectivity index (χ0) is 16.1. The van der Waals surface area contributed by atoms with Gasteiger partial charge in [-0.1, -0.05) is 30.3 Å². The largest absolute Gasteiger partial charge is 0.351 e. The maximum Gasteiger partial charge on any atom is 0.261 e. The molecule has 2 heterocycles. The molecular formula is C19H24N2OS. The molecule has 2 aromatic rings. The number of nitrogens with one attached hydrogen (secondary N) is 1. The number of rotatable bonds is 6. The average Bonchev–Trinajstić information content (AvgIpc) is 3.17. The van der Waals surface area contributed by atoms with Crippen LogP contribution in [0.25, 0.3) is 0 Å². The summed E-state index contributed by atoms with van der Waals surface area (Å²) in [5.41, 5.74) is 2.46. The monoisotopic (exact) mass is 328 g/mol. The summed E-state index contributed by atoms with van der Waals surface area (Å²) in [7, 11) is 0. The quantitative estimate of drug-likeness (QED) is 0.877. The fourth-order valence-electron chi connectivity index (χ4n) is 3.21. The molecule has 1 amide bonds. The number of carbonyl (C=O) groups is 1. The van der Waals surface area contributed by atoms with Gasteiger partial charge < -0.3 is 5.32 Å². The van der Waals surface area contributed by atoms with Gasteiger partial charge in [0.1, 0.15) is 0 Å². The van der Waals surface area contributed by atoms with Gasteiger partial charge in [0, 0.05) is 19.6 Å². The zero-order valence-corrected chi connectivity index (χ0v) is 14.4. The highest BCUT2D eigenvalue weighted by Gasteiger charge is 2.22. The smallest absolute Gasteiger partial charge is 0.261 e. The average molecular weight is 328 g/mol. The molecule has 0 saturated carbocycles. The number of likely N-dealkylation sites (tertiary alicyclic amines) is 1. The van der Waals surface area contributed by atoms with Gasteiger partial charge in [-0.15, -0.1) is 11.3 Å². The number of hydrogen-bond acceptors (Lipinski definition) is 3. The molecule has 0 bridgehead atoms. The highest BCUT2D eigenvalue weighted by molar-refractivity contribution is 7.12. The Morgan fingerprint density at radius 1 is 1.30 bits per heavy atom. The molecule has 0 unspecified atom stereocenters. The molecule has 23 heavy (non-hydrogen) atoms. The van der Waals surface area contributed by atoms with Gasteiger partial charge in [-0.2, -0.15) is 0 Å². The predicted molar refractivity (Wildman–Crippen MR) is 95.8 cm³/mol. The summed E-state index contributed by atoms with van der Waals surface area (Å²) in [5, 5.41) is 5.05. The van der Waals surface area contributed by atoms with Gasteiger partial charge in [0.05, 0.1) is 4.88 Å². The Bertz CT molecular complexity index is 638. The van der Waals surface area contributed by atoms with E-state index in [1.54, 1.807) is 0 Å². The van der Waals surface area contributed by atoms with Crippen molar-refractivity contribution < 1.29 is 4.79 Å². The summed E-state index contributed by atoms with van der Waals surface area (Å²) in [6.45, 7) is 6.11. The van der Waals surface area contributed by atoms with Crippen molar-refractivity contribution in [2.75, 3.05) is 19.6 Å². The van der Waals surface area contributed by atoms with Gasteiger partial charge in [-0.05, 0) is 54.8 Å². The lowest BCUT2D eigenvalue weighted by Crippen LogP contribution is -2.26. The van der Waals surface area contributed by atoms with Crippen LogP contribution in [0.3, 0.4) is 0 Å². The van der Waals surface area contributed by atoms with E-state index in [4.69, 9.17) is 0 Å². The standard InChI is InChI=1S/C19H24N2OS/c1-15-9-12-23-18(15)19(22)20-10-7-17-8-11-21(14-17)13-16-5-3-2-4-6-16/h2-6,9,12,17H,7-8,10-11,13-14H2,1H3,(H,20,22)/t17-/m0/s1. The molecule has 1 aliphatic rings. The van der Waals surface area contributed by atoms with Crippen molar-refractivity contribution >= 4 is 17.2 Å². The number of benzene rings is 1. The lowest BCUT2D eigenvalue weighted by atomic mass is 10.1. The number of carbonyl (C=O) groups excluding carboxylic acids is 1. The van der Waals surface area contributed by atoms with Crippen molar-refractivity contribution in [2.24, 2.45) is 5.92 Å². The first kappa shape index (κ1) is 16.2. The minimum absolute atomic E-state index is 0.0802. The van der Waals surface area contributed by atoms with Crippen molar-refractivity contribution in [1.29, 1.82) is 0 Å². The van der Waals surface area contributed by atoms with Crippen molar-refractivity contribution in [2.45, 2.75) is 26.3 Å². The Kier molecular flexibility index (Phi) is 5.47. The topological polar surface area (TPSA) is 32.3 Å². The molecule has 0 radical (unpaired) electrons. The summed E-state index contributed by atoms with van der Waals surface area (Å²) in [4.78, 5) is 15.5. The Morgan fingerprint density at radius 2 is 2.13 bits per heavy atom. The fourth-order valence-corrected chi connectivity index (χ4v) is 4.05. The number of hydrogen-bond donors (Lipinski definition) is 1. The van der Waals surface area contributed by atoms with E-state index in [2.05, 4.69) is 40.5 Å². The van der Waals surface area contributed by atoms with Crippen LogP contribution < -0.4 is 5.32 Å². The second-order valence-electron chi connectivity index (χ2n) is 6.35. The summed E-state index contributed by atoms with van der Waals surface area (Å²) in [5.74, 6) is 0.778. The van der Waals surface area contributed by atoms with Gasteiger partial charge in [0.15, 0.2) is 0 Å². The molecular weight excluding hydrogens is 304 g/mol. The lowest BCUT2D eigenvalue weighted by molar-refractivity contribution is 0.0955. The van der Waals surface area contributed by atoms with Gasteiger partial charge in [-0.25, -0.2) is 0 Å². The van der Waals surface area contributed by atoms with Crippen LogP contribution in [0.5, 0.6) is 0 Å². The van der Waals surface area contributed by atoms with Crippen LogP contribution in [0.1, 0.15) is 33.6 Å². The van der Waals surface area contributed by atoms with E-state index in [-0.39, 0.29) is 5.91 Å². The molecule has 0 aliphatic carbocycles. The Morgan fingerprint density at radius 3 is 2.87 bits per heavy atom. The molecule has 1 aliphatic heterocycles. The summed E-state index contributed by atoms with van der Waals surface area (Å²) < 4.78 is 0. The summed E-state index contributed by atoms with van der Waals surface area (Å²) in [6.07, 6.45) is 2.31. The highest BCUT2D eigenvalue weighted by atomic mass is 32.1. The van der Waals surface area contributed by atoms with E-state index in [0.29, 0.717) is 5.92 Å². The molecule has 3 rings (SSSR count). The maximum atomic E-state index is 12.1. The maximum absolute atomic E-state index is 12.1. The molecule has 1 atom stereocenters. The molecule has 1 fully saturated rings. The first-order valence-electron chi connectivity index (χ1n) is 8.31. The number of aryl methyl sites for hydroxylation is 1. The second kappa shape index (κ2) is 7.75.